The van der Waals surface area contributed by atoms with Crippen molar-refractivity contribution in [3.05, 3.63) is 67.0 Å². The number of hydrogen-bond acceptors (Lipinski definition) is 4. The predicted molar refractivity (Wildman–Crippen MR) is 110 cm³/mol. The van der Waals surface area contributed by atoms with Gasteiger partial charge < -0.3 is 15.0 Å². The molecule has 0 radical (unpaired) electrons. The average molecular weight is 391 g/mol. The maximum Gasteiger partial charge on any atom is 0.325 e. The fourth-order valence-corrected chi connectivity index (χ4v) is 3.22. The van der Waals surface area contributed by atoms with Gasteiger partial charge in [0.2, 0.25) is 5.91 Å². The van der Waals surface area contributed by atoms with Crippen LogP contribution in [0.15, 0.2) is 67.0 Å². The average Bonchev–Trinajstić information content (AvgIpc) is 3.40. The van der Waals surface area contributed by atoms with Crippen LogP contribution < -0.4 is 15.0 Å². The second-order valence-corrected chi connectivity index (χ2v) is 6.60. The smallest absolute Gasteiger partial charge is 0.325 e. The second kappa shape index (κ2) is 8.05. The molecule has 0 bridgehead atoms. The molecule has 1 aliphatic heterocycles. The lowest BCUT2D eigenvalue weighted by Crippen LogP contribution is -2.37. The third kappa shape index (κ3) is 4.06. The number of anilines is 2. The summed E-state index contributed by atoms with van der Waals surface area (Å²) in [6.45, 7) is 1.04. The van der Waals surface area contributed by atoms with Crippen molar-refractivity contribution in [1.29, 1.82) is 0 Å². The largest absolute Gasteiger partial charge is 0.497 e. The zero-order valence-corrected chi connectivity index (χ0v) is 16.0. The first kappa shape index (κ1) is 18.5. The minimum Gasteiger partial charge on any atom is -0.497 e. The van der Waals surface area contributed by atoms with Gasteiger partial charge in [0.15, 0.2) is 0 Å². The number of urea groups is 1. The summed E-state index contributed by atoms with van der Waals surface area (Å²) < 4.78 is 6.88. The minimum atomic E-state index is -0.234. The summed E-state index contributed by atoms with van der Waals surface area (Å²) in [6.07, 6.45) is 3.55. The molecule has 0 saturated carbocycles. The van der Waals surface area contributed by atoms with Crippen LogP contribution in [0.5, 0.6) is 5.75 Å². The molecule has 1 saturated heterocycles. The summed E-state index contributed by atoms with van der Waals surface area (Å²) in [5, 5.41) is 7.00. The standard InChI is InChI=1S/C21H21N5O3/c1-29-19-9-7-17(8-10-19)25-14-13-24(21(25)28)15-20(27)23-16-3-5-18(6-4-16)26-12-2-11-22-26/h2-12H,13-15H2,1H3,(H,23,27). The van der Waals surface area contributed by atoms with Gasteiger partial charge in [-0.05, 0) is 54.6 Å². The van der Waals surface area contributed by atoms with Crippen molar-refractivity contribution in [2.24, 2.45) is 0 Å². The number of benzene rings is 2. The Morgan fingerprint density at radius 3 is 2.45 bits per heavy atom. The third-order valence-electron chi connectivity index (χ3n) is 4.73. The fraction of sp³-hybridized carbons (Fsp3) is 0.190. The lowest BCUT2D eigenvalue weighted by Gasteiger charge is -2.18. The molecule has 1 aromatic heterocycles. The first-order chi connectivity index (χ1) is 14.1. The number of carbonyl (C=O) groups excluding carboxylic acids is 2. The van der Waals surface area contributed by atoms with Crippen molar-refractivity contribution in [3.8, 4) is 11.4 Å². The van der Waals surface area contributed by atoms with Gasteiger partial charge in [-0.25, -0.2) is 9.48 Å². The monoisotopic (exact) mass is 391 g/mol. The second-order valence-electron chi connectivity index (χ2n) is 6.60. The molecule has 0 unspecified atom stereocenters. The van der Waals surface area contributed by atoms with Gasteiger partial charge in [0.05, 0.1) is 12.8 Å². The van der Waals surface area contributed by atoms with E-state index in [1.807, 2.05) is 60.8 Å². The Morgan fingerprint density at radius 2 is 1.79 bits per heavy atom. The van der Waals surface area contributed by atoms with Crippen molar-refractivity contribution in [2.75, 3.05) is 37.0 Å². The van der Waals surface area contributed by atoms with E-state index in [-0.39, 0.29) is 18.5 Å². The third-order valence-corrected chi connectivity index (χ3v) is 4.73. The molecule has 29 heavy (non-hydrogen) atoms. The van der Waals surface area contributed by atoms with Gasteiger partial charge in [0.25, 0.3) is 0 Å². The predicted octanol–water partition coefficient (Wildman–Crippen LogP) is 2.76. The van der Waals surface area contributed by atoms with E-state index in [1.54, 1.807) is 22.9 Å². The van der Waals surface area contributed by atoms with Crippen LogP contribution in [0.3, 0.4) is 0 Å². The molecule has 2 aromatic carbocycles. The highest BCUT2D eigenvalue weighted by Crippen LogP contribution is 2.23. The maximum atomic E-state index is 12.7. The number of rotatable bonds is 6. The number of aromatic nitrogens is 2. The molecule has 0 aliphatic carbocycles. The van der Waals surface area contributed by atoms with Crippen molar-refractivity contribution in [1.82, 2.24) is 14.7 Å². The van der Waals surface area contributed by atoms with Gasteiger partial charge in [0.1, 0.15) is 12.3 Å². The number of amides is 3. The Labute approximate surface area is 168 Å². The minimum absolute atomic E-state index is 0.00634. The molecular formula is C21H21N5O3. The van der Waals surface area contributed by atoms with Crippen LogP contribution in [0.25, 0.3) is 5.69 Å². The molecule has 8 nitrogen and oxygen atoms in total. The van der Waals surface area contributed by atoms with Gasteiger partial charge in [-0.15, -0.1) is 0 Å². The number of carbonyl (C=O) groups is 2. The molecule has 3 aromatic rings. The zero-order chi connectivity index (χ0) is 20.2. The molecule has 0 spiro atoms. The summed E-state index contributed by atoms with van der Waals surface area (Å²) in [5.74, 6) is 0.497. The van der Waals surface area contributed by atoms with E-state index in [9.17, 15) is 9.59 Å². The molecular weight excluding hydrogens is 370 g/mol. The Balaban J connectivity index is 1.34. The van der Waals surface area contributed by atoms with Crippen molar-refractivity contribution in [2.45, 2.75) is 0 Å². The molecule has 2 heterocycles. The number of ether oxygens (including phenoxy) is 1. The van der Waals surface area contributed by atoms with Crippen molar-refractivity contribution < 1.29 is 14.3 Å². The summed E-state index contributed by atoms with van der Waals surface area (Å²) in [5.41, 5.74) is 2.36. The molecule has 3 amide bonds. The molecule has 1 fully saturated rings. The fourth-order valence-electron chi connectivity index (χ4n) is 3.22. The molecule has 1 aliphatic rings. The van der Waals surface area contributed by atoms with Crippen LogP contribution in [-0.4, -0.2) is 53.4 Å². The lowest BCUT2D eigenvalue weighted by molar-refractivity contribution is -0.116. The number of hydrogen-bond donors (Lipinski definition) is 1. The van der Waals surface area contributed by atoms with E-state index in [2.05, 4.69) is 10.4 Å². The number of nitrogens with zero attached hydrogens (tertiary/aromatic N) is 4. The van der Waals surface area contributed by atoms with E-state index in [0.717, 1.165) is 17.1 Å². The van der Waals surface area contributed by atoms with E-state index >= 15 is 0 Å². The quantitative estimate of drug-likeness (QED) is 0.701. The highest BCUT2D eigenvalue weighted by atomic mass is 16.5. The molecule has 1 N–H and O–H groups in total. The zero-order valence-electron chi connectivity index (χ0n) is 16.0. The summed E-state index contributed by atoms with van der Waals surface area (Å²) in [6, 6.07) is 16.3. The van der Waals surface area contributed by atoms with Crippen LogP contribution in [0, 0.1) is 0 Å². The SMILES string of the molecule is COc1ccc(N2CCN(CC(=O)Nc3ccc(-n4cccn4)cc3)C2=O)cc1. The maximum absolute atomic E-state index is 12.7. The van der Waals surface area contributed by atoms with Gasteiger partial charge in [-0.3, -0.25) is 9.69 Å². The van der Waals surface area contributed by atoms with Crippen LogP contribution in [-0.2, 0) is 4.79 Å². The normalized spacial score (nSPS) is 13.6. The summed E-state index contributed by atoms with van der Waals surface area (Å²) in [7, 11) is 1.60. The van der Waals surface area contributed by atoms with Crippen LogP contribution in [0.2, 0.25) is 0 Å². The van der Waals surface area contributed by atoms with E-state index in [4.69, 9.17) is 4.74 Å². The highest BCUT2D eigenvalue weighted by Gasteiger charge is 2.30. The molecule has 8 heteroatoms. The number of nitrogens with one attached hydrogen (secondary N) is 1. The van der Waals surface area contributed by atoms with Crippen LogP contribution >= 0.6 is 0 Å². The Hall–Kier alpha value is -3.81. The van der Waals surface area contributed by atoms with Crippen LogP contribution in [0.1, 0.15) is 0 Å². The molecule has 4 rings (SSSR count). The van der Waals surface area contributed by atoms with Gasteiger partial charge in [0, 0.05) is 36.9 Å². The van der Waals surface area contributed by atoms with Crippen molar-refractivity contribution >= 4 is 23.3 Å². The molecule has 148 valence electrons. The summed E-state index contributed by atoms with van der Waals surface area (Å²) >= 11 is 0. The number of methoxy groups -OCH3 is 1. The van der Waals surface area contributed by atoms with Gasteiger partial charge in [-0.2, -0.15) is 5.10 Å². The summed E-state index contributed by atoms with van der Waals surface area (Å²) in [4.78, 5) is 28.2. The van der Waals surface area contributed by atoms with Gasteiger partial charge >= 0.3 is 6.03 Å². The highest BCUT2D eigenvalue weighted by molar-refractivity contribution is 5.99. The van der Waals surface area contributed by atoms with E-state index < -0.39 is 0 Å². The Bertz CT molecular complexity index is 984. The van der Waals surface area contributed by atoms with Crippen LogP contribution in [0.4, 0.5) is 16.2 Å². The Morgan fingerprint density at radius 1 is 1.07 bits per heavy atom. The van der Waals surface area contributed by atoms with E-state index in [0.29, 0.717) is 18.8 Å². The van der Waals surface area contributed by atoms with Gasteiger partial charge in [-0.1, -0.05) is 0 Å². The first-order valence-electron chi connectivity index (χ1n) is 9.24. The van der Waals surface area contributed by atoms with E-state index in [1.165, 1.54) is 4.90 Å². The van der Waals surface area contributed by atoms with Crippen molar-refractivity contribution in [3.63, 3.8) is 0 Å². The Kier molecular flexibility index (Phi) is 5.15. The molecule has 0 atom stereocenters. The first-order valence-corrected chi connectivity index (χ1v) is 9.24. The lowest BCUT2D eigenvalue weighted by atomic mass is 10.3. The topological polar surface area (TPSA) is 79.7 Å².